The van der Waals surface area contributed by atoms with Crippen molar-refractivity contribution in [2.45, 2.75) is 57.0 Å². The minimum atomic E-state index is -0.821. The van der Waals surface area contributed by atoms with E-state index in [9.17, 15) is 14.4 Å². The molecular weight excluding hydrogens is 366 g/mol. The highest BCUT2D eigenvalue weighted by molar-refractivity contribution is 7.99. The highest BCUT2D eigenvalue weighted by atomic mass is 32.2. The number of likely N-dealkylation sites (N-methyl/N-ethyl adjacent to an activating group) is 1. The van der Waals surface area contributed by atoms with Crippen molar-refractivity contribution in [1.29, 1.82) is 0 Å². The summed E-state index contributed by atoms with van der Waals surface area (Å²) in [6, 6.07) is -0.135. The van der Waals surface area contributed by atoms with Crippen LogP contribution in [0.3, 0.4) is 0 Å². The second-order valence-electron chi connectivity index (χ2n) is 8.02. The van der Waals surface area contributed by atoms with Crippen LogP contribution in [-0.4, -0.2) is 88.0 Å². The number of carboxylic acids is 1. The predicted octanol–water partition coefficient (Wildman–Crippen LogP) is 1.48. The monoisotopic (exact) mass is 397 g/mol. The Labute approximate surface area is 165 Å². The molecule has 1 saturated carbocycles. The minimum Gasteiger partial charge on any atom is -0.480 e. The van der Waals surface area contributed by atoms with Crippen molar-refractivity contribution in [1.82, 2.24) is 14.7 Å². The number of likely N-dealkylation sites (tertiary alicyclic amines) is 1. The van der Waals surface area contributed by atoms with Gasteiger partial charge in [-0.05, 0) is 39.2 Å². The van der Waals surface area contributed by atoms with Crippen LogP contribution in [0.25, 0.3) is 0 Å². The molecule has 2 saturated heterocycles. The van der Waals surface area contributed by atoms with Crippen LogP contribution in [0.2, 0.25) is 0 Å². The van der Waals surface area contributed by atoms with E-state index >= 15 is 0 Å². The van der Waals surface area contributed by atoms with Gasteiger partial charge in [-0.3, -0.25) is 19.3 Å². The molecular formula is C19H31N3O4S. The maximum atomic E-state index is 13.1. The summed E-state index contributed by atoms with van der Waals surface area (Å²) in [5.41, 5.74) is 0. The van der Waals surface area contributed by atoms with Crippen LogP contribution in [0, 0.1) is 5.92 Å². The van der Waals surface area contributed by atoms with Crippen LogP contribution in [0.5, 0.6) is 0 Å². The predicted molar refractivity (Wildman–Crippen MR) is 104 cm³/mol. The number of carboxylic acid groups (broad SMARTS) is 1. The molecule has 2 amide bonds. The van der Waals surface area contributed by atoms with E-state index in [-0.39, 0.29) is 36.4 Å². The fourth-order valence-corrected chi connectivity index (χ4v) is 5.72. The van der Waals surface area contributed by atoms with Crippen molar-refractivity contribution in [2.24, 2.45) is 5.92 Å². The van der Waals surface area contributed by atoms with Gasteiger partial charge in [-0.2, -0.15) is 0 Å². The number of amides is 2. The molecule has 0 spiro atoms. The van der Waals surface area contributed by atoms with E-state index in [1.807, 2.05) is 21.7 Å². The molecule has 2 aliphatic heterocycles. The summed E-state index contributed by atoms with van der Waals surface area (Å²) in [5, 5.41) is 8.99. The van der Waals surface area contributed by atoms with E-state index in [4.69, 9.17) is 5.11 Å². The molecule has 7 nitrogen and oxygen atoms in total. The Bertz CT molecular complexity index is 567. The Hall–Kier alpha value is -1.28. The van der Waals surface area contributed by atoms with Crippen LogP contribution in [0.4, 0.5) is 0 Å². The fourth-order valence-electron chi connectivity index (χ4n) is 4.56. The molecule has 2 unspecified atom stereocenters. The summed E-state index contributed by atoms with van der Waals surface area (Å²) in [4.78, 5) is 42.5. The standard InChI is InChI=1S/C19H31N3O4S/c1-20(11-17(23)24)15-7-4-9-21(10-8-15)19(26)16-12-27-13-22(16)18(25)14-5-2-3-6-14/h14-16H,2-13H2,1H3,(H,23,24). The second-order valence-corrected chi connectivity index (χ2v) is 9.02. The summed E-state index contributed by atoms with van der Waals surface area (Å²) in [7, 11) is 1.84. The van der Waals surface area contributed by atoms with Gasteiger partial charge in [0.2, 0.25) is 11.8 Å². The van der Waals surface area contributed by atoms with Crippen molar-refractivity contribution < 1.29 is 19.5 Å². The molecule has 152 valence electrons. The third kappa shape index (κ3) is 4.96. The first-order valence-electron chi connectivity index (χ1n) is 10.1. The molecule has 0 aromatic rings. The van der Waals surface area contributed by atoms with Gasteiger partial charge in [0.05, 0.1) is 12.4 Å². The molecule has 8 heteroatoms. The van der Waals surface area contributed by atoms with Crippen LogP contribution in [-0.2, 0) is 14.4 Å². The first kappa shape index (κ1) is 20.5. The Morgan fingerprint density at radius 1 is 1.04 bits per heavy atom. The lowest BCUT2D eigenvalue weighted by Gasteiger charge is -2.31. The fraction of sp³-hybridized carbons (Fsp3) is 0.842. The van der Waals surface area contributed by atoms with E-state index in [1.54, 1.807) is 11.8 Å². The molecule has 3 rings (SSSR count). The zero-order valence-corrected chi connectivity index (χ0v) is 17.0. The molecule has 0 radical (unpaired) electrons. The summed E-state index contributed by atoms with van der Waals surface area (Å²) in [6.45, 7) is 1.37. The summed E-state index contributed by atoms with van der Waals surface area (Å²) in [5.74, 6) is 0.855. The van der Waals surface area contributed by atoms with E-state index in [0.29, 0.717) is 24.7 Å². The van der Waals surface area contributed by atoms with Crippen LogP contribution in [0.1, 0.15) is 44.9 Å². The number of aliphatic carboxylic acids is 1. The topological polar surface area (TPSA) is 81.2 Å². The zero-order valence-electron chi connectivity index (χ0n) is 16.1. The van der Waals surface area contributed by atoms with E-state index in [0.717, 1.165) is 44.9 Å². The molecule has 1 aliphatic carbocycles. The van der Waals surface area contributed by atoms with Crippen LogP contribution in [0.15, 0.2) is 0 Å². The Morgan fingerprint density at radius 2 is 1.78 bits per heavy atom. The number of carbonyl (C=O) groups excluding carboxylic acids is 2. The van der Waals surface area contributed by atoms with E-state index < -0.39 is 5.97 Å². The number of hydrogen-bond donors (Lipinski definition) is 1. The number of nitrogens with zero attached hydrogens (tertiary/aromatic N) is 3. The van der Waals surface area contributed by atoms with Crippen molar-refractivity contribution in [3.05, 3.63) is 0 Å². The largest absolute Gasteiger partial charge is 0.480 e. The summed E-state index contributed by atoms with van der Waals surface area (Å²) < 4.78 is 0. The number of thioether (sulfide) groups is 1. The lowest BCUT2D eigenvalue weighted by Crippen LogP contribution is -2.50. The molecule has 27 heavy (non-hydrogen) atoms. The SMILES string of the molecule is CN(CC(=O)O)C1CCCN(C(=O)C2CSCN2C(=O)C2CCCC2)CC1. The average Bonchev–Trinajstić information content (AvgIpc) is 3.27. The first-order valence-corrected chi connectivity index (χ1v) is 11.2. The van der Waals surface area contributed by atoms with Gasteiger partial charge in [0.1, 0.15) is 6.04 Å². The molecule has 3 aliphatic rings. The van der Waals surface area contributed by atoms with Gasteiger partial charge in [-0.15, -0.1) is 11.8 Å². The summed E-state index contributed by atoms with van der Waals surface area (Å²) >= 11 is 1.67. The second kappa shape index (κ2) is 9.28. The maximum absolute atomic E-state index is 13.1. The highest BCUT2D eigenvalue weighted by Crippen LogP contribution is 2.31. The average molecular weight is 398 g/mol. The van der Waals surface area contributed by atoms with Crippen LogP contribution >= 0.6 is 11.8 Å². The van der Waals surface area contributed by atoms with Crippen molar-refractivity contribution in [2.75, 3.05) is 38.3 Å². The smallest absolute Gasteiger partial charge is 0.317 e. The highest BCUT2D eigenvalue weighted by Gasteiger charge is 2.40. The number of carbonyl (C=O) groups is 3. The number of hydrogen-bond acceptors (Lipinski definition) is 5. The summed E-state index contributed by atoms with van der Waals surface area (Å²) in [6.07, 6.45) is 6.71. The van der Waals surface area contributed by atoms with Gasteiger partial charge in [-0.1, -0.05) is 12.8 Å². The third-order valence-electron chi connectivity index (χ3n) is 6.17. The lowest BCUT2D eigenvalue weighted by atomic mass is 10.1. The molecule has 2 atom stereocenters. The quantitative estimate of drug-likeness (QED) is 0.757. The van der Waals surface area contributed by atoms with Crippen LogP contribution < -0.4 is 0 Å². The van der Waals surface area contributed by atoms with E-state index in [1.165, 1.54) is 0 Å². The molecule has 0 bridgehead atoms. The third-order valence-corrected chi connectivity index (χ3v) is 7.18. The van der Waals surface area contributed by atoms with Gasteiger partial charge in [0.15, 0.2) is 0 Å². The maximum Gasteiger partial charge on any atom is 0.317 e. The number of rotatable bonds is 5. The van der Waals surface area contributed by atoms with Gasteiger partial charge >= 0.3 is 5.97 Å². The molecule has 0 aromatic heterocycles. The van der Waals surface area contributed by atoms with Gasteiger partial charge in [0.25, 0.3) is 0 Å². The minimum absolute atomic E-state index is 0.0293. The van der Waals surface area contributed by atoms with Gasteiger partial charge in [0, 0.05) is 30.8 Å². The van der Waals surface area contributed by atoms with Crippen molar-refractivity contribution >= 4 is 29.5 Å². The van der Waals surface area contributed by atoms with Gasteiger partial charge in [-0.25, -0.2) is 0 Å². The molecule has 1 N–H and O–H groups in total. The molecule has 2 heterocycles. The Morgan fingerprint density at radius 3 is 2.48 bits per heavy atom. The first-order chi connectivity index (χ1) is 13.0. The normalized spacial score (nSPS) is 27.2. The molecule has 0 aromatic carbocycles. The lowest BCUT2D eigenvalue weighted by molar-refractivity contribution is -0.145. The molecule has 3 fully saturated rings. The zero-order chi connectivity index (χ0) is 19.4. The van der Waals surface area contributed by atoms with Crippen molar-refractivity contribution in [3.63, 3.8) is 0 Å². The Kier molecular flexibility index (Phi) is 7.03. The van der Waals surface area contributed by atoms with Gasteiger partial charge < -0.3 is 14.9 Å². The Balaban J connectivity index is 1.58. The van der Waals surface area contributed by atoms with Crippen molar-refractivity contribution in [3.8, 4) is 0 Å². The van der Waals surface area contributed by atoms with E-state index in [2.05, 4.69) is 0 Å².